The summed E-state index contributed by atoms with van der Waals surface area (Å²) in [5.41, 5.74) is 6.06. The summed E-state index contributed by atoms with van der Waals surface area (Å²) in [4.78, 5) is 2.32. The van der Waals surface area contributed by atoms with Crippen LogP contribution in [0.5, 0.6) is 0 Å². The van der Waals surface area contributed by atoms with Crippen LogP contribution in [0.3, 0.4) is 0 Å². The Hall–Kier alpha value is -0.120. The van der Waals surface area contributed by atoms with Crippen molar-refractivity contribution < 1.29 is 5.11 Å². The van der Waals surface area contributed by atoms with E-state index >= 15 is 0 Å². The van der Waals surface area contributed by atoms with Crippen molar-refractivity contribution in [2.24, 2.45) is 11.7 Å². The molecule has 16 heavy (non-hydrogen) atoms. The molecule has 0 aromatic rings. The maximum atomic E-state index is 9.46. The average Bonchev–Trinajstić information content (AvgIpc) is 2.30. The number of rotatable bonds is 5. The van der Waals surface area contributed by atoms with Crippen LogP contribution in [-0.4, -0.2) is 41.8 Å². The van der Waals surface area contributed by atoms with E-state index in [0.717, 1.165) is 12.3 Å². The fourth-order valence-corrected chi connectivity index (χ4v) is 2.76. The van der Waals surface area contributed by atoms with Crippen molar-refractivity contribution in [3.63, 3.8) is 0 Å². The SMILES string of the molecule is CCC(N)C(CO)N(C)C1CCC(C)CC1. The summed E-state index contributed by atoms with van der Waals surface area (Å²) in [5.74, 6) is 0.872. The molecule has 2 atom stereocenters. The van der Waals surface area contributed by atoms with Crippen LogP contribution in [0.2, 0.25) is 0 Å². The van der Waals surface area contributed by atoms with Crippen LogP contribution in [0.15, 0.2) is 0 Å². The maximum Gasteiger partial charge on any atom is 0.0601 e. The Labute approximate surface area is 100 Å². The van der Waals surface area contributed by atoms with Crippen molar-refractivity contribution in [2.45, 2.75) is 64.1 Å². The Morgan fingerprint density at radius 1 is 1.31 bits per heavy atom. The first-order valence-electron chi connectivity index (χ1n) is 6.68. The lowest BCUT2D eigenvalue weighted by Crippen LogP contribution is -2.52. The predicted octanol–water partition coefficient (Wildman–Crippen LogP) is 1.60. The molecule has 0 aromatic heterocycles. The minimum atomic E-state index is 0.0920. The van der Waals surface area contributed by atoms with E-state index in [0.29, 0.717) is 6.04 Å². The van der Waals surface area contributed by atoms with Crippen LogP contribution in [0, 0.1) is 5.92 Å². The smallest absolute Gasteiger partial charge is 0.0601 e. The largest absolute Gasteiger partial charge is 0.395 e. The number of aliphatic hydroxyl groups is 1. The Morgan fingerprint density at radius 3 is 2.31 bits per heavy atom. The normalized spacial score (nSPS) is 30.4. The second kappa shape index (κ2) is 6.58. The van der Waals surface area contributed by atoms with Gasteiger partial charge >= 0.3 is 0 Å². The lowest BCUT2D eigenvalue weighted by Gasteiger charge is -2.40. The number of hydrogen-bond donors (Lipinski definition) is 2. The molecule has 3 N–H and O–H groups in total. The molecule has 1 saturated carbocycles. The second-order valence-corrected chi connectivity index (χ2v) is 5.40. The molecule has 3 heteroatoms. The summed E-state index contributed by atoms with van der Waals surface area (Å²) in [5, 5.41) is 9.46. The van der Waals surface area contributed by atoms with Crippen LogP contribution in [0.25, 0.3) is 0 Å². The fourth-order valence-electron chi connectivity index (χ4n) is 2.76. The Balaban J connectivity index is 2.50. The first-order chi connectivity index (χ1) is 7.60. The third-order valence-electron chi connectivity index (χ3n) is 4.24. The third kappa shape index (κ3) is 3.44. The molecule has 0 radical (unpaired) electrons. The molecule has 0 heterocycles. The Morgan fingerprint density at radius 2 is 1.88 bits per heavy atom. The molecule has 0 saturated heterocycles. The van der Waals surface area contributed by atoms with Gasteiger partial charge in [-0.25, -0.2) is 0 Å². The highest BCUT2D eigenvalue weighted by Crippen LogP contribution is 2.27. The zero-order chi connectivity index (χ0) is 12.1. The van der Waals surface area contributed by atoms with Crippen molar-refractivity contribution in [1.29, 1.82) is 0 Å². The average molecular weight is 228 g/mol. The highest BCUT2D eigenvalue weighted by atomic mass is 16.3. The highest BCUT2D eigenvalue weighted by Gasteiger charge is 2.28. The van der Waals surface area contributed by atoms with Crippen molar-refractivity contribution >= 4 is 0 Å². The molecule has 0 bridgehead atoms. The minimum absolute atomic E-state index is 0.0920. The summed E-state index contributed by atoms with van der Waals surface area (Å²) in [6, 6.07) is 0.837. The molecule has 0 spiro atoms. The summed E-state index contributed by atoms with van der Waals surface area (Å²) < 4.78 is 0. The molecule has 3 nitrogen and oxygen atoms in total. The van der Waals surface area contributed by atoms with Gasteiger partial charge in [0.05, 0.1) is 6.61 Å². The van der Waals surface area contributed by atoms with Gasteiger partial charge in [0.25, 0.3) is 0 Å². The summed E-state index contributed by atoms with van der Waals surface area (Å²) in [7, 11) is 2.12. The van der Waals surface area contributed by atoms with E-state index in [1.165, 1.54) is 25.7 Å². The molecule has 0 aliphatic heterocycles. The third-order valence-corrected chi connectivity index (χ3v) is 4.24. The van der Waals surface area contributed by atoms with Gasteiger partial charge < -0.3 is 10.8 Å². The van der Waals surface area contributed by atoms with Crippen LogP contribution < -0.4 is 5.73 Å². The van der Waals surface area contributed by atoms with E-state index in [2.05, 4.69) is 25.8 Å². The van der Waals surface area contributed by atoms with Gasteiger partial charge in [0.15, 0.2) is 0 Å². The molecule has 1 aliphatic carbocycles. The topological polar surface area (TPSA) is 49.5 Å². The molecule has 0 amide bonds. The van der Waals surface area contributed by atoms with Gasteiger partial charge in [-0.15, -0.1) is 0 Å². The van der Waals surface area contributed by atoms with Crippen LogP contribution in [-0.2, 0) is 0 Å². The van der Waals surface area contributed by atoms with Crippen molar-refractivity contribution in [1.82, 2.24) is 4.90 Å². The van der Waals surface area contributed by atoms with E-state index in [9.17, 15) is 5.11 Å². The zero-order valence-corrected chi connectivity index (χ0v) is 11.0. The summed E-state index contributed by atoms with van der Waals surface area (Å²) in [6.45, 7) is 4.60. The van der Waals surface area contributed by atoms with E-state index in [-0.39, 0.29) is 18.7 Å². The Bertz CT molecular complexity index is 190. The van der Waals surface area contributed by atoms with Gasteiger partial charge in [0.2, 0.25) is 0 Å². The molecule has 1 aliphatic rings. The predicted molar refractivity (Wildman–Crippen MR) is 68.3 cm³/mol. The van der Waals surface area contributed by atoms with Gasteiger partial charge in [-0.1, -0.05) is 13.8 Å². The van der Waals surface area contributed by atoms with Gasteiger partial charge in [0.1, 0.15) is 0 Å². The number of nitrogens with two attached hydrogens (primary N) is 1. The van der Waals surface area contributed by atoms with E-state index in [4.69, 9.17) is 5.73 Å². The number of nitrogens with zero attached hydrogens (tertiary/aromatic N) is 1. The van der Waals surface area contributed by atoms with Gasteiger partial charge in [-0.2, -0.15) is 0 Å². The fraction of sp³-hybridized carbons (Fsp3) is 1.00. The minimum Gasteiger partial charge on any atom is -0.395 e. The quantitative estimate of drug-likeness (QED) is 0.751. The number of hydrogen-bond acceptors (Lipinski definition) is 3. The lowest BCUT2D eigenvalue weighted by atomic mass is 9.86. The van der Waals surface area contributed by atoms with Crippen molar-refractivity contribution in [3.8, 4) is 0 Å². The van der Waals surface area contributed by atoms with Gasteiger partial charge in [-0.3, -0.25) is 4.90 Å². The highest BCUT2D eigenvalue weighted by molar-refractivity contribution is 4.85. The molecule has 96 valence electrons. The molecular weight excluding hydrogens is 200 g/mol. The lowest BCUT2D eigenvalue weighted by molar-refractivity contribution is 0.0666. The summed E-state index contributed by atoms with van der Waals surface area (Å²) in [6.07, 6.45) is 6.07. The Kier molecular flexibility index (Phi) is 5.73. The molecule has 1 fully saturated rings. The van der Waals surface area contributed by atoms with Crippen LogP contribution >= 0.6 is 0 Å². The van der Waals surface area contributed by atoms with Crippen molar-refractivity contribution in [2.75, 3.05) is 13.7 Å². The van der Waals surface area contributed by atoms with Crippen molar-refractivity contribution in [3.05, 3.63) is 0 Å². The van der Waals surface area contributed by atoms with Crippen LogP contribution in [0.4, 0.5) is 0 Å². The maximum absolute atomic E-state index is 9.46. The first kappa shape index (κ1) is 13.9. The van der Waals surface area contributed by atoms with E-state index in [1.54, 1.807) is 0 Å². The second-order valence-electron chi connectivity index (χ2n) is 5.40. The molecule has 0 aromatic carbocycles. The summed E-state index contributed by atoms with van der Waals surface area (Å²) >= 11 is 0. The zero-order valence-electron chi connectivity index (χ0n) is 11.0. The number of likely N-dealkylation sites (N-methyl/N-ethyl adjacent to an activating group) is 1. The first-order valence-corrected chi connectivity index (χ1v) is 6.68. The monoisotopic (exact) mass is 228 g/mol. The molecular formula is C13H28N2O. The van der Waals surface area contributed by atoms with E-state index < -0.39 is 0 Å². The molecule has 2 unspecified atom stereocenters. The van der Waals surface area contributed by atoms with Gasteiger partial charge in [0, 0.05) is 18.1 Å². The van der Waals surface area contributed by atoms with Crippen LogP contribution in [0.1, 0.15) is 46.0 Å². The number of aliphatic hydroxyl groups excluding tert-OH is 1. The van der Waals surface area contributed by atoms with E-state index in [1.807, 2.05) is 0 Å². The molecule has 1 rings (SSSR count). The standard InChI is InChI=1S/C13H28N2O/c1-4-12(14)13(9-16)15(3)11-7-5-10(2)6-8-11/h10-13,16H,4-9,14H2,1-3H3. The van der Waals surface area contributed by atoms with Gasteiger partial charge in [-0.05, 0) is 45.1 Å².